The van der Waals surface area contributed by atoms with Crippen molar-refractivity contribution in [3.63, 3.8) is 0 Å². The second-order valence-corrected chi connectivity index (χ2v) is 3.40. The van der Waals surface area contributed by atoms with E-state index in [4.69, 9.17) is 4.42 Å². The highest BCUT2D eigenvalue weighted by molar-refractivity contribution is 5.78. The van der Waals surface area contributed by atoms with Gasteiger partial charge in [0.1, 0.15) is 5.76 Å². The summed E-state index contributed by atoms with van der Waals surface area (Å²) in [6, 6.07) is 0.269. The Hall–Kier alpha value is -1.36. The van der Waals surface area contributed by atoms with Gasteiger partial charge in [0, 0.05) is 19.0 Å². The minimum Gasteiger partial charge on any atom is -0.447 e. The first-order valence-electron chi connectivity index (χ1n) is 4.72. The zero-order chi connectivity index (χ0) is 9.80. The lowest BCUT2D eigenvalue weighted by molar-refractivity contribution is -0.119. The lowest BCUT2D eigenvalue weighted by atomic mass is 10.2. The Labute approximate surface area is 81.9 Å². The number of hydrogen-bond donors (Lipinski definition) is 2. The maximum Gasteiger partial charge on any atom is 0.220 e. The van der Waals surface area contributed by atoms with Crippen molar-refractivity contribution in [3.8, 4) is 0 Å². The van der Waals surface area contributed by atoms with Crippen LogP contribution in [0.4, 0.5) is 0 Å². The van der Waals surface area contributed by atoms with E-state index < -0.39 is 0 Å². The molecule has 5 heteroatoms. The lowest BCUT2D eigenvalue weighted by Gasteiger charge is -2.09. The van der Waals surface area contributed by atoms with Gasteiger partial charge in [-0.25, -0.2) is 4.98 Å². The fourth-order valence-corrected chi connectivity index (χ4v) is 1.53. The second kappa shape index (κ2) is 4.23. The molecule has 1 aromatic heterocycles. The number of nitrogens with one attached hydrogen (secondary N) is 2. The molecule has 1 aliphatic heterocycles. The molecule has 2 rings (SSSR count). The van der Waals surface area contributed by atoms with Crippen LogP contribution >= 0.6 is 0 Å². The maximum atomic E-state index is 10.9. The third-order valence-electron chi connectivity index (χ3n) is 2.26. The first kappa shape index (κ1) is 9.21. The summed E-state index contributed by atoms with van der Waals surface area (Å²) >= 11 is 0. The molecule has 1 amide bonds. The number of carbonyl (C=O) groups is 1. The number of rotatable bonds is 4. The van der Waals surface area contributed by atoms with E-state index in [1.807, 2.05) is 0 Å². The Morgan fingerprint density at radius 3 is 3.29 bits per heavy atom. The molecular formula is C9H13N3O2. The van der Waals surface area contributed by atoms with Crippen molar-refractivity contribution in [3.05, 3.63) is 18.4 Å². The number of carbonyl (C=O) groups excluding carboxylic acids is 1. The SMILES string of the molecule is O=C1CCC(CNCc2cnco2)N1. The summed E-state index contributed by atoms with van der Waals surface area (Å²) in [5.41, 5.74) is 0. The molecule has 0 radical (unpaired) electrons. The fraction of sp³-hybridized carbons (Fsp3) is 0.556. The van der Waals surface area contributed by atoms with Crippen LogP contribution in [0.2, 0.25) is 0 Å². The molecule has 0 saturated carbocycles. The molecule has 2 heterocycles. The normalized spacial score (nSPS) is 21.1. The molecule has 1 unspecified atom stereocenters. The van der Waals surface area contributed by atoms with Crippen LogP contribution in [-0.2, 0) is 11.3 Å². The molecule has 1 atom stereocenters. The molecule has 76 valence electrons. The van der Waals surface area contributed by atoms with Gasteiger partial charge in [-0.05, 0) is 6.42 Å². The van der Waals surface area contributed by atoms with Crippen molar-refractivity contribution in [2.75, 3.05) is 6.54 Å². The number of aromatic nitrogens is 1. The highest BCUT2D eigenvalue weighted by Gasteiger charge is 2.19. The van der Waals surface area contributed by atoms with Crippen molar-refractivity contribution >= 4 is 5.91 Å². The van der Waals surface area contributed by atoms with Crippen molar-refractivity contribution in [1.82, 2.24) is 15.6 Å². The summed E-state index contributed by atoms with van der Waals surface area (Å²) in [5.74, 6) is 0.964. The van der Waals surface area contributed by atoms with Gasteiger partial charge < -0.3 is 15.1 Å². The summed E-state index contributed by atoms with van der Waals surface area (Å²) in [6.07, 6.45) is 4.66. The third kappa shape index (κ3) is 2.32. The standard InChI is InChI=1S/C9H13N3O2/c13-9-2-1-7(12-9)3-10-4-8-5-11-6-14-8/h5-7,10H,1-4H2,(H,12,13). The molecule has 0 aliphatic carbocycles. The molecule has 5 nitrogen and oxygen atoms in total. The van der Waals surface area contributed by atoms with E-state index in [1.165, 1.54) is 6.39 Å². The quantitative estimate of drug-likeness (QED) is 0.712. The predicted octanol–water partition coefficient (Wildman–Crippen LogP) is 0.0428. The van der Waals surface area contributed by atoms with E-state index in [0.717, 1.165) is 18.7 Å². The van der Waals surface area contributed by atoms with Gasteiger partial charge in [0.15, 0.2) is 6.39 Å². The number of nitrogens with zero attached hydrogens (tertiary/aromatic N) is 1. The Morgan fingerprint density at radius 2 is 2.64 bits per heavy atom. The van der Waals surface area contributed by atoms with Crippen LogP contribution < -0.4 is 10.6 Å². The highest BCUT2D eigenvalue weighted by Crippen LogP contribution is 2.05. The third-order valence-corrected chi connectivity index (χ3v) is 2.26. The maximum absolute atomic E-state index is 10.9. The number of hydrogen-bond acceptors (Lipinski definition) is 4. The molecule has 1 aliphatic rings. The topological polar surface area (TPSA) is 67.2 Å². The van der Waals surface area contributed by atoms with Crippen LogP contribution in [0.1, 0.15) is 18.6 Å². The number of amides is 1. The Balaban J connectivity index is 1.66. The molecule has 14 heavy (non-hydrogen) atoms. The van der Waals surface area contributed by atoms with Crippen molar-refractivity contribution in [1.29, 1.82) is 0 Å². The highest BCUT2D eigenvalue weighted by atomic mass is 16.3. The summed E-state index contributed by atoms with van der Waals surface area (Å²) in [4.78, 5) is 14.7. The molecular weight excluding hydrogens is 182 g/mol. The largest absolute Gasteiger partial charge is 0.447 e. The van der Waals surface area contributed by atoms with Crippen LogP contribution in [-0.4, -0.2) is 23.5 Å². The van der Waals surface area contributed by atoms with Crippen molar-refractivity contribution in [2.45, 2.75) is 25.4 Å². The van der Waals surface area contributed by atoms with Gasteiger partial charge in [-0.2, -0.15) is 0 Å². The van der Waals surface area contributed by atoms with Crippen molar-refractivity contribution < 1.29 is 9.21 Å². The first-order valence-corrected chi connectivity index (χ1v) is 4.72. The first-order chi connectivity index (χ1) is 6.84. The molecule has 0 aromatic carbocycles. The van der Waals surface area contributed by atoms with Crippen molar-refractivity contribution in [2.24, 2.45) is 0 Å². The molecule has 1 aromatic rings. The Kier molecular flexibility index (Phi) is 2.78. The van der Waals surface area contributed by atoms with Gasteiger partial charge in [-0.1, -0.05) is 0 Å². The zero-order valence-corrected chi connectivity index (χ0v) is 7.82. The minimum absolute atomic E-state index is 0.150. The molecule has 1 saturated heterocycles. The fourth-order valence-electron chi connectivity index (χ4n) is 1.53. The van der Waals surface area contributed by atoms with E-state index >= 15 is 0 Å². The van der Waals surface area contributed by atoms with Crippen LogP contribution in [0, 0.1) is 0 Å². The van der Waals surface area contributed by atoms with E-state index in [2.05, 4.69) is 15.6 Å². The van der Waals surface area contributed by atoms with Crippen LogP contribution in [0.25, 0.3) is 0 Å². The van der Waals surface area contributed by atoms with E-state index in [-0.39, 0.29) is 11.9 Å². The molecule has 1 fully saturated rings. The average molecular weight is 195 g/mol. The Morgan fingerprint density at radius 1 is 1.71 bits per heavy atom. The number of oxazole rings is 1. The summed E-state index contributed by atoms with van der Waals surface area (Å²) in [7, 11) is 0. The minimum atomic E-state index is 0.150. The van der Waals surface area contributed by atoms with E-state index in [1.54, 1.807) is 6.20 Å². The van der Waals surface area contributed by atoms with Gasteiger partial charge in [0.05, 0.1) is 12.7 Å². The van der Waals surface area contributed by atoms with Crippen LogP contribution in [0.5, 0.6) is 0 Å². The molecule has 0 spiro atoms. The average Bonchev–Trinajstić information content (AvgIpc) is 2.77. The van der Waals surface area contributed by atoms with E-state index in [9.17, 15) is 4.79 Å². The monoisotopic (exact) mass is 195 g/mol. The van der Waals surface area contributed by atoms with E-state index in [0.29, 0.717) is 13.0 Å². The summed E-state index contributed by atoms with van der Waals surface area (Å²) in [6.45, 7) is 1.44. The lowest BCUT2D eigenvalue weighted by Crippen LogP contribution is -2.35. The van der Waals surface area contributed by atoms with Crippen LogP contribution in [0.15, 0.2) is 17.0 Å². The second-order valence-electron chi connectivity index (χ2n) is 3.40. The van der Waals surface area contributed by atoms with Gasteiger partial charge in [0.2, 0.25) is 5.91 Å². The smallest absolute Gasteiger partial charge is 0.220 e. The predicted molar refractivity (Wildman–Crippen MR) is 49.4 cm³/mol. The van der Waals surface area contributed by atoms with Gasteiger partial charge in [-0.3, -0.25) is 4.79 Å². The summed E-state index contributed by atoms with van der Waals surface area (Å²) in [5, 5.41) is 6.09. The zero-order valence-electron chi connectivity index (χ0n) is 7.82. The summed E-state index contributed by atoms with van der Waals surface area (Å²) < 4.78 is 5.06. The Bertz CT molecular complexity index is 297. The van der Waals surface area contributed by atoms with Crippen LogP contribution in [0.3, 0.4) is 0 Å². The molecule has 0 bridgehead atoms. The van der Waals surface area contributed by atoms with Gasteiger partial charge in [0.25, 0.3) is 0 Å². The molecule has 2 N–H and O–H groups in total. The van der Waals surface area contributed by atoms with Gasteiger partial charge in [-0.15, -0.1) is 0 Å². The van der Waals surface area contributed by atoms with Gasteiger partial charge >= 0.3 is 0 Å².